The van der Waals surface area contributed by atoms with E-state index in [1.54, 1.807) is 0 Å². The number of halogens is 2. The molecule has 0 radical (unpaired) electrons. The lowest BCUT2D eigenvalue weighted by atomic mass is 9.96. The van der Waals surface area contributed by atoms with E-state index < -0.39 is 11.7 Å². The largest absolute Gasteiger partial charge is 0.507 e. The van der Waals surface area contributed by atoms with Gasteiger partial charge in [-0.15, -0.1) is 11.6 Å². The Balaban J connectivity index is 2.71. The molecule has 0 unspecified atom stereocenters. The predicted molar refractivity (Wildman–Crippen MR) is 64.9 cm³/mol. The van der Waals surface area contributed by atoms with Gasteiger partial charge in [0.2, 0.25) is 0 Å². The minimum Gasteiger partial charge on any atom is -0.507 e. The Labute approximate surface area is 105 Å². The first kappa shape index (κ1) is 13.8. The van der Waals surface area contributed by atoms with Crippen LogP contribution < -0.4 is 5.32 Å². The van der Waals surface area contributed by atoms with E-state index in [1.807, 2.05) is 13.8 Å². The van der Waals surface area contributed by atoms with Crippen molar-refractivity contribution in [3.63, 3.8) is 0 Å². The molecular formula is C12H15ClFNO2. The average Bonchev–Trinajstić information content (AvgIpc) is 2.26. The van der Waals surface area contributed by atoms with Crippen molar-refractivity contribution in [2.45, 2.75) is 13.8 Å². The van der Waals surface area contributed by atoms with Crippen molar-refractivity contribution >= 4 is 17.5 Å². The van der Waals surface area contributed by atoms with Gasteiger partial charge in [-0.2, -0.15) is 0 Å². The molecule has 1 amide bonds. The summed E-state index contributed by atoms with van der Waals surface area (Å²) in [6, 6.07) is 3.27. The van der Waals surface area contributed by atoms with Crippen molar-refractivity contribution in [1.29, 1.82) is 0 Å². The highest BCUT2D eigenvalue weighted by atomic mass is 35.5. The van der Waals surface area contributed by atoms with Crippen molar-refractivity contribution in [3.8, 4) is 5.75 Å². The lowest BCUT2D eigenvalue weighted by Crippen LogP contribution is -2.35. The highest BCUT2D eigenvalue weighted by Gasteiger charge is 2.19. The molecule has 0 saturated carbocycles. The molecule has 0 aliphatic heterocycles. The molecule has 0 aliphatic carbocycles. The van der Waals surface area contributed by atoms with Crippen LogP contribution in [-0.4, -0.2) is 23.4 Å². The number of hydrogen-bond donors (Lipinski definition) is 2. The SMILES string of the molecule is CC(C)(CCl)CNC(=O)c1ccc(F)cc1O. The number of nitrogens with one attached hydrogen (secondary N) is 1. The molecule has 0 fully saturated rings. The summed E-state index contributed by atoms with van der Waals surface area (Å²) in [5.41, 5.74) is -0.177. The minimum atomic E-state index is -0.583. The summed E-state index contributed by atoms with van der Waals surface area (Å²) >= 11 is 5.72. The number of rotatable bonds is 4. The van der Waals surface area contributed by atoms with Crippen LogP contribution in [0.25, 0.3) is 0 Å². The maximum Gasteiger partial charge on any atom is 0.255 e. The zero-order valence-corrected chi connectivity index (χ0v) is 10.5. The van der Waals surface area contributed by atoms with Crippen LogP contribution >= 0.6 is 11.6 Å². The molecule has 0 saturated heterocycles. The van der Waals surface area contributed by atoms with E-state index in [9.17, 15) is 14.3 Å². The number of phenolic OH excluding ortho intramolecular Hbond substituents is 1. The van der Waals surface area contributed by atoms with Crippen LogP contribution in [0, 0.1) is 11.2 Å². The highest BCUT2D eigenvalue weighted by Crippen LogP contribution is 2.19. The van der Waals surface area contributed by atoms with Gasteiger partial charge in [-0.1, -0.05) is 13.8 Å². The Morgan fingerprint density at radius 2 is 2.18 bits per heavy atom. The maximum absolute atomic E-state index is 12.7. The normalized spacial score (nSPS) is 11.3. The first-order valence-electron chi connectivity index (χ1n) is 5.18. The Kier molecular flexibility index (Phi) is 4.34. The Bertz CT molecular complexity index is 421. The van der Waals surface area contributed by atoms with Crippen LogP contribution in [-0.2, 0) is 0 Å². The molecule has 94 valence electrons. The second-order valence-corrected chi connectivity index (χ2v) is 4.91. The quantitative estimate of drug-likeness (QED) is 0.817. The van der Waals surface area contributed by atoms with Gasteiger partial charge in [-0.3, -0.25) is 4.79 Å². The molecule has 1 aromatic carbocycles. The Morgan fingerprint density at radius 3 is 2.71 bits per heavy atom. The fraction of sp³-hybridized carbons (Fsp3) is 0.417. The van der Waals surface area contributed by atoms with Gasteiger partial charge < -0.3 is 10.4 Å². The fourth-order valence-corrected chi connectivity index (χ4v) is 1.25. The molecule has 17 heavy (non-hydrogen) atoms. The van der Waals surface area contributed by atoms with Gasteiger partial charge in [0.05, 0.1) is 5.56 Å². The fourth-order valence-electron chi connectivity index (χ4n) is 1.16. The monoisotopic (exact) mass is 259 g/mol. The number of carbonyl (C=O) groups excluding carboxylic acids is 1. The molecule has 1 aromatic rings. The van der Waals surface area contributed by atoms with Gasteiger partial charge >= 0.3 is 0 Å². The molecular weight excluding hydrogens is 245 g/mol. The highest BCUT2D eigenvalue weighted by molar-refractivity contribution is 6.18. The molecule has 0 spiro atoms. The van der Waals surface area contributed by atoms with Crippen molar-refractivity contribution in [1.82, 2.24) is 5.32 Å². The van der Waals surface area contributed by atoms with E-state index >= 15 is 0 Å². The second kappa shape index (κ2) is 5.36. The lowest BCUT2D eigenvalue weighted by molar-refractivity contribution is 0.0937. The van der Waals surface area contributed by atoms with Crippen LogP contribution in [0.5, 0.6) is 5.75 Å². The summed E-state index contributed by atoms with van der Waals surface area (Å²) < 4.78 is 12.7. The number of carbonyl (C=O) groups is 1. The van der Waals surface area contributed by atoms with Gasteiger partial charge in [0, 0.05) is 18.5 Å². The summed E-state index contributed by atoms with van der Waals surface area (Å²) in [7, 11) is 0. The molecule has 5 heteroatoms. The predicted octanol–water partition coefficient (Wildman–Crippen LogP) is 2.53. The summed E-state index contributed by atoms with van der Waals surface area (Å²) in [4.78, 5) is 11.7. The van der Waals surface area contributed by atoms with Crippen LogP contribution in [0.4, 0.5) is 4.39 Å². The number of aromatic hydroxyl groups is 1. The minimum absolute atomic E-state index is 0.0526. The van der Waals surface area contributed by atoms with Crippen LogP contribution in [0.1, 0.15) is 24.2 Å². The molecule has 0 heterocycles. The zero-order chi connectivity index (χ0) is 13.1. The standard InChI is InChI=1S/C12H15ClFNO2/c1-12(2,6-13)7-15-11(17)9-4-3-8(14)5-10(9)16/h3-5,16H,6-7H2,1-2H3,(H,15,17). The smallest absolute Gasteiger partial charge is 0.255 e. The van der Waals surface area contributed by atoms with Crippen molar-refractivity contribution in [2.75, 3.05) is 12.4 Å². The average molecular weight is 260 g/mol. The molecule has 2 N–H and O–H groups in total. The third-order valence-corrected chi connectivity index (χ3v) is 3.02. The second-order valence-electron chi connectivity index (χ2n) is 4.64. The Hall–Kier alpha value is -1.29. The van der Waals surface area contributed by atoms with Crippen molar-refractivity contribution < 1.29 is 14.3 Å². The summed E-state index contributed by atoms with van der Waals surface area (Å²) in [5.74, 6) is -0.991. The van der Waals surface area contributed by atoms with Crippen LogP contribution in [0.15, 0.2) is 18.2 Å². The van der Waals surface area contributed by atoms with E-state index in [-0.39, 0.29) is 16.7 Å². The van der Waals surface area contributed by atoms with Gasteiger partial charge in [-0.25, -0.2) is 4.39 Å². The number of amides is 1. The van der Waals surface area contributed by atoms with E-state index in [0.29, 0.717) is 12.4 Å². The topological polar surface area (TPSA) is 49.3 Å². The third-order valence-electron chi connectivity index (χ3n) is 2.29. The molecule has 0 aliphatic rings. The molecule has 0 atom stereocenters. The van der Waals surface area contributed by atoms with Crippen molar-refractivity contribution in [2.24, 2.45) is 5.41 Å². The van der Waals surface area contributed by atoms with Crippen LogP contribution in [0.2, 0.25) is 0 Å². The maximum atomic E-state index is 12.7. The lowest BCUT2D eigenvalue weighted by Gasteiger charge is -2.21. The van der Waals surface area contributed by atoms with Gasteiger partial charge in [0.25, 0.3) is 5.91 Å². The summed E-state index contributed by atoms with van der Waals surface area (Å²) in [6.07, 6.45) is 0. The number of hydrogen-bond acceptors (Lipinski definition) is 2. The van der Waals surface area contributed by atoms with Gasteiger partial charge in [0.1, 0.15) is 11.6 Å². The number of phenols is 1. The van der Waals surface area contributed by atoms with E-state index in [1.165, 1.54) is 6.07 Å². The van der Waals surface area contributed by atoms with E-state index in [2.05, 4.69) is 5.32 Å². The van der Waals surface area contributed by atoms with E-state index in [4.69, 9.17) is 11.6 Å². The zero-order valence-electron chi connectivity index (χ0n) is 9.76. The summed E-state index contributed by atoms with van der Waals surface area (Å²) in [6.45, 7) is 4.20. The summed E-state index contributed by atoms with van der Waals surface area (Å²) in [5, 5.41) is 12.1. The van der Waals surface area contributed by atoms with Gasteiger partial charge in [-0.05, 0) is 17.5 Å². The third kappa shape index (κ3) is 3.89. The first-order valence-corrected chi connectivity index (χ1v) is 5.72. The van der Waals surface area contributed by atoms with E-state index in [0.717, 1.165) is 12.1 Å². The molecule has 3 nitrogen and oxygen atoms in total. The van der Waals surface area contributed by atoms with Crippen molar-refractivity contribution in [3.05, 3.63) is 29.6 Å². The Morgan fingerprint density at radius 1 is 1.53 bits per heavy atom. The van der Waals surface area contributed by atoms with Gasteiger partial charge in [0.15, 0.2) is 0 Å². The molecule has 1 rings (SSSR count). The molecule has 0 aromatic heterocycles. The number of alkyl halides is 1. The molecule has 0 bridgehead atoms. The number of benzene rings is 1. The van der Waals surface area contributed by atoms with Crippen LogP contribution in [0.3, 0.4) is 0 Å². The first-order chi connectivity index (χ1) is 7.85.